The minimum absolute atomic E-state index is 0.455. The van der Waals surface area contributed by atoms with Crippen LogP contribution in [0.1, 0.15) is 10.9 Å². The van der Waals surface area contributed by atoms with Gasteiger partial charge in [0.25, 0.3) is 0 Å². The van der Waals surface area contributed by atoms with Crippen LogP contribution in [0.25, 0.3) is 0 Å². The summed E-state index contributed by atoms with van der Waals surface area (Å²) in [4.78, 5) is 10.2. The van der Waals surface area contributed by atoms with Gasteiger partial charge >= 0.3 is 6.09 Å². The molecule has 1 aromatic carbocycles. The number of amides is 1. The Kier molecular flexibility index (Phi) is 2.99. The van der Waals surface area contributed by atoms with Crippen LogP contribution in [-0.4, -0.2) is 11.2 Å². The van der Waals surface area contributed by atoms with Gasteiger partial charge < -0.3 is 10.4 Å². The zero-order chi connectivity index (χ0) is 8.97. The van der Waals surface area contributed by atoms with E-state index in [4.69, 9.17) is 5.11 Å². The fourth-order valence-corrected chi connectivity index (χ4v) is 1.12. The molecule has 0 saturated heterocycles. The third-order valence-electron chi connectivity index (χ3n) is 1.38. The predicted octanol–water partition coefficient (Wildman–Crippen LogP) is 1.88. The van der Waals surface area contributed by atoms with E-state index >= 15 is 0 Å². The Bertz CT molecular complexity index is 263. The topological polar surface area (TPSA) is 49.3 Å². The number of benzene rings is 1. The Morgan fingerprint density at radius 3 is 2.50 bits per heavy atom. The molecule has 3 nitrogen and oxygen atoms in total. The molecule has 2 N–H and O–H groups in total. The van der Waals surface area contributed by atoms with Gasteiger partial charge in [0, 0.05) is 0 Å². The summed E-state index contributed by atoms with van der Waals surface area (Å²) in [6.07, 6.45) is -1.07. The van der Waals surface area contributed by atoms with Crippen LogP contribution in [0.3, 0.4) is 0 Å². The molecular formula is C8H9NO2S. The van der Waals surface area contributed by atoms with Crippen molar-refractivity contribution in [3.8, 4) is 0 Å². The molecule has 0 aliphatic carbocycles. The molecule has 0 radical (unpaired) electrons. The van der Waals surface area contributed by atoms with E-state index in [1.807, 2.05) is 30.3 Å². The quantitative estimate of drug-likeness (QED) is 0.484. The second-order valence-electron chi connectivity index (χ2n) is 2.26. The zero-order valence-corrected chi connectivity index (χ0v) is 7.16. The van der Waals surface area contributed by atoms with E-state index in [2.05, 4.69) is 17.9 Å². The summed E-state index contributed by atoms with van der Waals surface area (Å²) >= 11 is 4.07. The molecule has 0 aliphatic heterocycles. The number of nitrogens with one attached hydrogen (secondary N) is 1. The molecule has 12 heavy (non-hydrogen) atoms. The summed E-state index contributed by atoms with van der Waals surface area (Å²) < 4.78 is 0. The van der Waals surface area contributed by atoms with Gasteiger partial charge in [0.05, 0.1) is 0 Å². The van der Waals surface area contributed by atoms with Crippen LogP contribution in [0.5, 0.6) is 0 Å². The van der Waals surface area contributed by atoms with E-state index in [9.17, 15) is 4.79 Å². The molecular weight excluding hydrogens is 174 g/mol. The highest BCUT2D eigenvalue weighted by atomic mass is 32.1. The van der Waals surface area contributed by atoms with Gasteiger partial charge in [0.1, 0.15) is 5.37 Å². The Morgan fingerprint density at radius 1 is 1.42 bits per heavy atom. The van der Waals surface area contributed by atoms with Crippen molar-refractivity contribution in [2.45, 2.75) is 5.37 Å². The molecule has 1 aromatic rings. The first-order valence-electron chi connectivity index (χ1n) is 3.42. The molecule has 1 unspecified atom stereocenters. The highest BCUT2D eigenvalue weighted by Gasteiger charge is 2.06. The van der Waals surface area contributed by atoms with Gasteiger partial charge in [-0.1, -0.05) is 30.3 Å². The Labute approximate surface area is 75.8 Å². The molecule has 1 atom stereocenters. The molecule has 0 aromatic heterocycles. The van der Waals surface area contributed by atoms with Crippen LogP contribution in [0, 0.1) is 0 Å². The molecule has 0 heterocycles. The van der Waals surface area contributed by atoms with E-state index in [1.54, 1.807) is 0 Å². The highest BCUT2D eigenvalue weighted by molar-refractivity contribution is 7.80. The number of hydrogen-bond acceptors (Lipinski definition) is 2. The number of thiol groups is 1. The van der Waals surface area contributed by atoms with Crippen molar-refractivity contribution in [2.75, 3.05) is 0 Å². The summed E-state index contributed by atoms with van der Waals surface area (Å²) in [6, 6.07) is 9.16. The van der Waals surface area contributed by atoms with Gasteiger partial charge in [0.15, 0.2) is 0 Å². The van der Waals surface area contributed by atoms with E-state index in [1.165, 1.54) is 0 Å². The molecule has 64 valence electrons. The van der Waals surface area contributed by atoms with Crippen molar-refractivity contribution in [1.82, 2.24) is 5.32 Å². The van der Waals surface area contributed by atoms with Gasteiger partial charge in [-0.15, -0.1) is 12.6 Å². The number of hydrogen-bond donors (Lipinski definition) is 3. The fraction of sp³-hybridized carbons (Fsp3) is 0.125. The van der Waals surface area contributed by atoms with E-state index in [0.29, 0.717) is 0 Å². The maximum absolute atomic E-state index is 10.2. The lowest BCUT2D eigenvalue weighted by molar-refractivity contribution is 0.193. The molecule has 1 amide bonds. The minimum atomic E-state index is -1.07. The third-order valence-corrected chi connectivity index (χ3v) is 1.80. The van der Waals surface area contributed by atoms with Crippen LogP contribution < -0.4 is 5.32 Å². The Morgan fingerprint density at radius 2 is 2.00 bits per heavy atom. The van der Waals surface area contributed by atoms with E-state index in [0.717, 1.165) is 5.56 Å². The normalized spacial score (nSPS) is 12.1. The van der Waals surface area contributed by atoms with Gasteiger partial charge in [-0.3, -0.25) is 0 Å². The predicted molar refractivity (Wildman–Crippen MR) is 49.3 cm³/mol. The van der Waals surface area contributed by atoms with Crippen molar-refractivity contribution in [3.05, 3.63) is 35.9 Å². The second-order valence-corrected chi connectivity index (χ2v) is 2.78. The standard InChI is InChI=1S/C8H9NO2S/c10-8(11)9-7(12)6-4-2-1-3-5-6/h1-5,7,9,12H,(H,10,11). The second kappa shape index (κ2) is 4.01. The van der Waals surface area contributed by atoms with Crippen molar-refractivity contribution in [1.29, 1.82) is 0 Å². The molecule has 0 fully saturated rings. The van der Waals surface area contributed by atoms with Crippen LogP contribution in [0.2, 0.25) is 0 Å². The number of carboxylic acid groups (broad SMARTS) is 1. The minimum Gasteiger partial charge on any atom is -0.465 e. The lowest BCUT2D eigenvalue weighted by Crippen LogP contribution is -2.22. The average Bonchev–Trinajstić information content (AvgIpc) is 2.05. The Balaban J connectivity index is 2.65. The van der Waals surface area contributed by atoms with Crippen LogP contribution in [-0.2, 0) is 0 Å². The summed E-state index contributed by atoms with van der Waals surface area (Å²) in [5.74, 6) is 0. The lowest BCUT2D eigenvalue weighted by atomic mass is 10.2. The maximum Gasteiger partial charge on any atom is 0.405 e. The molecule has 0 bridgehead atoms. The SMILES string of the molecule is O=C(O)NC(S)c1ccccc1. The van der Waals surface area contributed by atoms with Crippen molar-refractivity contribution >= 4 is 18.7 Å². The first kappa shape index (κ1) is 8.93. The summed E-state index contributed by atoms with van der Waals surface area (Å²) in [6.45, 7) is 0. The Hall–Kier alpha value is -1.16. The summed E-state index contributed by atoms with van der Waals surface area (Å²) in [5.41, 5.74) is 0.836. The van der Waals surface area contributed by atoms with Gasteiger partial charge in [0.2, 0.25) is 0 Å². The van der Waals surface area contributed by atoms with Crippen LogP contribution in [0.15, 0.2) is 30.3 Å². The first-order chi connectivity index (χ1) is 5.70. The monoisotopic (exact) mass is 183 g/mol. The van der Waals surface area contributed by atoms with Crippen LogP contribution >= 0.6 is 12.6 Å². The summed E-state index contributed by atoms with van der Waals surface area (Å²) in [5, 5.41) is 10.2. The van der Waals surface area contributed by atoms with Crippen LogP contribution in [0.4, 0.5) is 4.79 Å². The largest absolute Gasteiger partial charge is 0.465 e. The maximum atomic E-state index is 10.2. The molecule has 0 aliphatic rings. The van der Waals surface area contributed by atoms with Crippen molar-refractivity contribution in [3.63, 3.8) is 0 Å². The lowest BCUT2D eigenvalue weighted by Gasteiger charge is -2.09. The molecule has 1 rings (SSSR count). The zero-order valence-electron chi connectivity index (χ0n) is 6.27. The van der Waals surface area contributed by atoms with E-state index < -0.39 is 11.5 Å². The number of carbonyl (C=O) groups is 1. The van der Waals surface area contributed by atoms with Gasteiger partial charge in [-0.25, -0.2) is 4.79 Å². The highest BCUT2D eigenvalue weighted by Crippen LogP contribution is 2.15. The van der Waals surface area contributed by atoms with Crippen molar-refractivity contribution < 1.29 is 9.90 Å². The van der Waals surface area contributed by atoms with Gasteiger partial charge in [-0.2, -0.15) is 0 Å². The smallest absolute Gasteiger partial charge is 0.405 e. The van der Waals surface area contributed by atoms with Gasteiger partial charge in [-0.05, 0) is 5.56 Å². The van der Waals surface area contributed by atoms with E-state index in [-0.39, 0.29) is 0 Å². The third kappa shape index (κ3) is 2.47. The molecule has 0 spiro atoms. The number of rotatable bonds is 2. The molecule has 4 heteroatoms. The average molecular weight is 183 g/mol. The van der Waals surface area contributed by atoms with Crippen molar-refractivity contribution in [2.24, 2.45) is 0 Å². The first-order valence-corrected chi connectivity index (χ1v) is 3.94. The molecule has 0 saturated carbocycles. The fourth-order valence-electron chi connectivity index (χ4n) is 0.836. The summed E-state index contributed by atoms with van der Waals surface area (Å²) in [7, 11) is 0.